The van der Waals surface area contributed by atoms with Crippen LogP contribution in [0.15, 0.2) is 108 Å². The molecule has 0 aliphatic carbocycles. The van der Waals surface area contributed by atoms with Crippen LogP contribution < -0.4 is 0 Å². The number of rotatable bonds is 8. The van der Waals surface area contributed by atoms with Crippen molar-refractivity contribution in [2.24, 2.45) is 0 Å². The van der Waals surface area contributed by atoms with Crippen molar-refractivity contribution >= 4 is 52.3 Å². The summed E-state index contributed by atoms with van der Waals surface area (Å²) in [5.74, 6) is -3.76. The third-order valence-corrected chi connectivity index (χ3v) is 7.06. The van der Waals surface area contributed by atoms with Crippen molar-refractivity contribution in [2.45, 2.75) is 13.8 Å². The van der Waals surface area contributed by atoms with Crippen LogP contribution in [0.5, 0.6) is 0 Å². The summed E-state index contributed by atoms with van der Waals surface area (Å²) in [5, 5.41) is 1.07. The number of carbonyl (C=O) groups is 1. The molecular formula is C35H24Cl2F4O. The number of Topliss-reactive ketones (excluding diaryl/α,β-unsaturated/α-hetero) is 1. The first-order valence-corrected chi connectivity index (χ1v) is 13.5. The zero-order valence-corrected chi connectivity index (χ0v) is 24.1. The van der Waals surface area contributed by atoms with Gasteiger partial charge in [0.05, 0.1) is 0 Å². The summed E-state index contributed by atoms with van der Waals surface area (Å²) in [6.07, 6.45) is 6.46. The topological polar surface area (TPSA) is 17.1 Å². The number of halogens is 6. The van der Waals surface area contributed by atoms with Crippen molar-refractivity contribution in [3.63, 3.8) is 0 Å². The first-order valence-electron chi connectivity index (χ1n) is 12.8. The van der Waals surface area contributed by atoms with Gasteiger partial charge in [0.1, 0.15) is 23.3 Å². The molecule has 0 radical (unpaired) electrons. The minimum Gasteiger partial charge on any atom is -0.289 e. The maximum Gasteiger partial charge on any atom is 0.185 e. The maximum atomic E-state index is 15.0. The highest BCUT2D eigenvalue weighted by Crippen LogP contribution is 2.31. The van der Waals surface area contributed by atoms with Gasteiger partial charge in [-0.15, -0.1) is 0 Å². The molecule has 0 unspecified atom stereocenters. The molecule has 0 spiro atoms. The maximum absolute atomic E-state index is 15.0. The average molecular weight is 607 g/mol. The lowest BCUT2D eigenvalue weighted by Gasteiger charge is -2.14. The minimum atomic E-state index is -0.855. The van der Waals surface area contributed by atoms with E-state index in [1.807, 2.05) is 0 Å². The van der Waals surface area contributed by atoms with E-state index in [9.17, 15) is 13.6 Å². The van der Waals surface area contributed by atoms with E-state index in [0.717, 1.165) is 35.4 Å². The van der Waals surface area contributed by atoms with Gasteiger partial charge >= 0.3 is 0 Å². The van der Waals surface area contributed by atoms with Gasteiger partial charge in [0.2, 0.25) is 0 Å². The van der Waals surface area contributed by atoms with Gasteiger partial charge in [-0.1, -0.05) is 71.8 Å². The number of hydrogen-bond acceptors (Lipinski definition) is 1. The van der Waals surface area contributed by atoms with Crippen LogP contribution in [0.2, 0.25) is 10.0 Å². The fourth-order valence-corrected chi connectivity index (χ4v) is 4.53. The van der Waals surface area contributed by atoms with Gasteiger partial charge in [0.15, 0.2) is 5.78 Å². The summed E-state index contributed by atoms with van der Waals surface area (Å²) >= 11 is 12.0. The Kier molecular flexibility index (Phi) is 10.00. The molecule has 0 N–H and O–H groups in total. The lowest BCUT2D eigenvalue weighted by atomic mass is 9.90. The molecule has 0 fully saturated rings. The molecule has 1 nitrogen and oxygen atoms in total. The van der Waals surface area contributed by atoms with Crippen LogP contribution in [0.25, 0.3) is 23.3 Å². The zero-order chi connectivity index (χ0) is 30.4. The summed E-state index contributed by atoms with van der Waals surface area (Å²) in [7, 11) is 0. The van der Waals surface area contributed by atoms with Gasteiger partial charge in [-0.3, -0.25) is 4.79 Å². The molecule has 0 aliphatic rings. The Morgan fingerprint density at radius 1 is 0.571 bits per heavy atom. The Balaban J connectivity index is 1.89. The van der Waals surface area contributed by atoms with Crippen LogP contribution in [0.4, 0.5) is 17.6 Å². The molecule has 0 aromatic heterocycles. The lowest BCUT2D eigenvalue weighted by Crippen LogP contribution is -2.07. The van der Waals surface area contributed by atoms with Crippen molar-refractivity contribution in [1.82, 2.24) is 0 Å². The van der Waals surface area contributed by atoms with Crippen LogP contribution in [-0.4, -0.2) is 5.78 Å². The predicted molar refractivity (Wildman–Crippen MR) is 164 cm³/mol. The largest absolute Gasteiger partial charge is 0.289 e. The minimum absolute atomic E-state index is 0.00600. The van der Waals surface area contributed by atoms with Crippen LogP contribution in [0.1, 0.15) is 36.1 Å². The highest BCUT2D eigenvalue weighted by molar-refractivity contribution is 6.30. The standard InChI is InChI=1S/C35H24Cl2F4O/c1-21(29(31-17-13-27(38)19-33(31)40)15-7-23-3-9-25(36)10-4-23)35(42)22(2)30(32-18-14-28(39)20-34(32)41)16-8-24-5-11-26(37)12-6-24/h3-20H,1-2H3. The van der Waals surface area contributed by atoms with Crippen molar-refractivity contribution in [2.75, 3.05) is 0 Å². The smallest absolute Gasteiger partial charge is 0.185 e. The molecule has 0 bridgehead atoms. The highest BCUT2D eigenvalue weighted by atomic mass is 35.5. The number of ketones is 1. The van der Waals surface area contributed by atoms with E-state index in [0.29, 0.717) is 10.0 Å². The van der Waals surface area contributed by atoms with E-state index in [4.69, 9.17) is 23.2 Å². The van der Waals surface area contributed by atoms with Crippen molar-refractivity contribution in [3.05, 3.63) is 164 Å². The highest BCUT2D eigenvalue weighted by Gasteiger charge is 2.20. The summed E-state index contributed by atoms with van der Waals surface area (Å²) in [4.78, 5) is 13.9. The van der Waals surface area contributed by atoms with Crippen LogP contribution in [-0.2, 0) is 4.79 Å². The van der Waals surface area contributed by atoms with E-state index in [1.54, 1.807) is 72.8 Å². The van der Waals surface area contributed by atoms with Gasteiger partial charge < -0.3 is 0 Å². The van der Waals surface area contributed by atoms with Crippen molar-refractivity contribution in [1.29, 1.82) is 0 Å². The molecule has 0 amide bonds. The Labute approximate surface area is 251 Å². The van der Waals surface area contributed by atoms with E-state index < -0.39 is 29.1 Å². The van der Waals surface area contributed by atoms with Gasteiger partial charge in [0, 0.05) is 44.5 Å². The van der Waals surface area contributed by atoms with Gasteiger partial charge in [-0.05, 0) is 84.7 Å². The van der Waals surface area contributed by atoms with Crippen molar-refractivity contribution < 1.29 is 22.4 Å². The third-order valence-electron chi connectivity index (χ3n) is 6.56. The fourth-order valence-electron chi connectivity index (χ4n) is 4.28. The second kappa shape index (κ2) is 13.6. The van der Waals surface area contributed by atoms with Gasteiger partial charge in [0.25, 0.3) is 0 Å². The quantitative estimate of drug-likeness (QED) is 0.111. The predicted octanol–water partition coefficient (Wildman–Crippen LogP) is 10.8. The first-order chi connectivity index (χ1) is 20.0. The normalized spacial score (nSPS) is 13.0. The Morgan fingerprint density at radius 3 is 1.26 bits per heavy atom. The number of benzene rings is 4. The molecule has 7 heteroatoms. The summed E-state index contributed by atoms with van der Waals surface area (Å²) in [5.41, 5.74) is 2.13. The van der Waals surface area contributed by atoms with Gasteiger partial charge in [-0.2, -0.15) is 0 Å². The molecule has 0 atom stereocenters. The number of carbonyl (C=O) groups excluding carboxylic acids is 1. The molecular weight excluding hydrogens is 583 g/mol. The van der Waals surface area contributed by atoms with Crippen LogP contribution in [0.3, 0.4) is 0 Å². The van der Waals surface area contributed by atoms with E-state index in [2.05, 4.69) is 0 Å². The Morgan fingerprint density at radius 2 is 0.929 bits per heavy atom. The van der Waals surface area contributed by atoms with Gasteiger partial charge in [-0.25, -0.2) is 17.6 Å². The molecule has 0 aliphatic heterocycles. The van der Waals surface area contributed by atoms with E-state index in [-0.39, 0.29) is 33.4 Å². The zero-order valence-electron chi connectivity index (χ0n) is 22.6. The second-order valence-electron chi connectivity index (χ2n) is 9.42. The first kappa shape index (κ1) is 30.8. The molecule has 4 rings (SSSR count). The monoisotopic (exact) mass is 606 g/mol. The Hall–Kier alpha value is -4.19. The summed E-state index contributed by atoms with van der Waals surface area (Å²) < 4.78 is 57.5. The molecule has 4 aromatic carbocycles. The van der Waals surface area contributed by atoms with E-state index >= 15 is 8.78 Å². The number of allylic oxidation sites excluding steroid dienone is 6. The molecule has 0 saturated heterocycles. The molecule has 4 aromatic rings. The van der Waals surface area contributed by atoms with Crippen LogP contribution in [0, 0.1) is 23.3 Å². The van der Waals surface area contributed by atoms with Crippen LogP contribution >= 0.6 is 23.2 Å². The SMILES string of the molecule is CC(C(=O)C(C)=C(C=Cc1ccc(Cl)cc1)c1ccc(F)cc1F)=C(C=Cc1ccc(Cl)cc1)c1ccc(F)cc1F. The molecule has 212 valence electrons. The fraction of sp³-hybridized carbons (Fsp3) is 0.0571. The lowest BCUT2D eigenvalue weighted by molar-refractivity contribution is -0.112. The Bertz CT molecular complexity index is 1620. The summed E-state index contributed by atoms with van der Waals surface area (Å²) in [6.45, 7) is 3.02. The number of hydrogen-bond donors (Lipinski definition) is 0. The van der Waals surface area contributed by atoms with Crippen molar-refractivity contribution in [3.8, 4) is 0 Å². The molecule has 0 saturated carbocycles. The second-order valence-corrected chi connectivity index (χ2v) is 10.3. The third kappa shape index (κ3) is 7.55. The molecule has 42 heavy (non-hydrogen) atoms. The molecule has 0 heterocycles. The van der Waals surface area contributed by atoms with E-state index in [1.165, 1.54) is 26.0 Å². The average Bonchev–Trinajstić information content (AvgIpc) is 2.96. The summed E-state index contributed by atoms with van der Waals surface area (Å²) in [6, 6.07) is 19.9.